The van der Waals surface area contributed by atoms with E-state index in [-0.39, 0.29) is 5.76 Å². The van der Waals surface area contributed by atoms with E-state index in [0.29, 0.717) is 0 Å². The molecule has 1 saturated carbocycles. The smallest absolute Gasteiger partial charge is 0.112 e. The number of aliphatic hydroxyl groups is 6. The number of rotatable bonds is 1. The van der Waals surface area contributed by atoms with Gasteiger partial charge in [0.2, 0.25) is 0 Å². The molecule has 94 valence electrons. The third kappa shape index (κ3) is 2.07. The molecule has 16 heavy (non-hydrogen) atoms. The summed E-state index contributed by atoms with van der Waals surface area (Å²) in [5.41, 5.74) is -1.83. The van der Waals surface area contributed by atoms with Crippen molar-refractivity contribution in [1.29, 1.82) is 0 Å². The second-order valence-electron chi connectivity index (χ2n) is 4.48. The Balaban J connectivity index is 3.09. The highest BCUT2D eigenvalue weighted by atomic mass is 16.4. The summed E-state index contributed by atoms with van der Waals surface area (Å²) in [4.78, 5) is 0. The number of allylic oxidation sites excluding steroid dienone is 1. The maximum absolute atomic E-state index is 9.97. The molecule has 4 unspecified atom stereocenters. The van der Waals surface area contributed by atoms with E-state index < -0.39 is 35.9 Å². The van der Waals surface area contributed by atoms with Crippen LogP contribution in [0.2, 0.25) is 0 Å². The number of aliphatic hydroxyl groups excluding tert-OH is 5. The second-order valence-corrected chi connectivity index (χ2v) is 4.48. The number of hydrogen-bond acceptors (Lipinski definition) is 6. The summed E-state index contributed by atoms with van der Waals surface area (Å²) >= 11 is 0. The Bertz CT molecular complexity index is 283. The van der Waals surface area contributed by atoms with Gasteiger partial charge in [-0.25, -0.2) is 0 Å². The Morgan fingerprint density at radius 2 is 1.56 bits per heavy atom. The molecule has 6 heteroatoms. The van der Waals surface area contributed by atoms with Crippen LogP contribution in [0.15, 0.2) is 11.8 Å². The molecule has 6 atom stereocenters. The maximum Gasteiger partial charge on any atom is 0.112 e. The van der Waals surface area contributed by atoms with Gasteiger partial charge in [0.1, 0.15) is 18.3 Å². The highest BCUT2D eigenvalue weighted by Gasteiger charge is 2.54. The zero-order chi connectivity index (χ0) is 12.7. The van der Waals surface area contributed by atoms with Gasteiger partial charge in [0, 0.05) is 5.92 Å². The summed E-state index contributed by atoms with van der Waals surface area (Å²) in [6, 6.07) is 0. The molecule has 1 fully saturated rings. The minimum Gasteiger partial charge on any atom is -0.513 e. The van der Waals surface area contributed by atoms with E-state index in [1.54, 1.807) is 0 Å². The predicted octanol–water partition coefficient (Wildman–Crippen LogP) is -1.73. The third-order valence-electron chi connectivity index (χ3n) is 3.09. The summed E-state index contributed by atoms with van der Waals surface area (Å²) in [7, 11) is 0. The van der Waals surface area contributed by atoms with Crippen molar-refractivity contribution >= 4 is 0 Å². The lowest BCUT2D eigenvalue weighted by molar-refractivity contribution is -0.232. The van der Waals surface area contributed by atoms with Gasteiger partial charge < -0.3 is 30.6 Å². The molecule has 1 rings (SSSR count). The molecule has 6 N–H and O–H groups in total. The van der Waals surface area contributed by atoms with E-state index >= 15 is 0 Å². The zero-order valence-electron chi connectivity index (χ0n) is 9.15. The van der Waals surface area contributed by atoms with Crippen LogP contribution in [-0.4, -0.2) is 60.7 Å². The molecule has 1 aliphatic rings. The molecule has 0 bridgehead atoms. The Kier molecular flexibility index (Phi) is 3.61. The Labute approximate surface area is 93.1 Å². The minimum atomic E-state index is -1.83. The lowest BCUT2D eigenvalue weighted by Gasteiger charge is -2.47. The highest BCUT2D eigenvalue weighted by molar-refractivity contribution is 5.13. The molecule has 0 aromatic rings. The fourth-order valence-corrected chi connectivity index (χ4v) is 2.02. The van der Waals surface area contributed by atoms with Crippen LogP contribution in [0.1, 0.15) is 13.8 Å². The van der Waals surface area contributed by atoms with E-state index in [1.807, 2.05) is 0 Å². The standard InChI is InChI=1S/C10H18O6/c1-4(11)3-5-6(12)7(13)8(14)9(15)10(5,2)16/h3,5-9,11-16H,1-2H3/b4-3-/t5?,6-,7?,8-,9?,10?/m1/s1. The molecule has 0 spiro atoms. The Hall–Kier alpha value is -0.660. The second kappa shape index (κ2) is 4.31. The first kappa shape index (κ1) is 13.4. The molecule has 6 nitrogen and oxygen atoms in total. The Morgan fingerprint density at radius 3 is 2.00 bits per heavy atom. The lowest BCUT2D eigenvalue weighted by Crippen LogP contribution is -2.66. The molecular weight excluding hydrogens is 216 g/mol. The van der Waals surface area contributed by atoms with Crippen molar-refractivity contribution in [2.45, 2.75) is 43.9 Å². The molecule has 0 amide bonds. The van der Waals surface area contributed by atoms with Crippen molar-refractivity contribution in [2.24, 2.45) is 5.92 Å². The summed E-state index contributed by atoms with van der Waals surface area (Å²) < 4.78 is 0. The van der Waals surface area contributed by atoms with Crippen molar-refractivity contribution in [3.63, 3.8) is 0 Å². The van der Waals surface area contributed by atoms with Crippen LogP contribution in [0, 0.1) is 5.92 Å². The average molecular weight is 234 g/mol. The molecule has 0 saturated heterocycles. The summed E-state index contributed by atoms with van der Waals surface area (Å²) in [5, 5.41) is 57.2. The van der Waals surface area contributed by atoms with E-state index in [1.165, 1.54) is 13.8 Å². The van der Waals surface area contributed by atoms with E-state index in [9.17, 15) is 25.5 Å². The van der Waals surface area contributed by atoms with Gasteiger partial charge in [-0.15, -0.1) is 0 Å². The quantitative estimate of drug-likeness (QED) is 0.300. The number of hydrogen-bond donors (Lipinski definition) is 6. The van der Waals surface area contributed by atoms with Gasteiger partial charge in [-0.2, -0.15) is 0 Å². The maximum atomic E-state index is 9.97. The van der Waals surface area contributed by atoms with E-state index in [2.05, 4.69) is 0 Å². The van der Waals surface area contributed by atoms with Crippen molar-refractivity contribution in [3.8, 4) is 0 Å². The predicted molar refractivity (Wildman–Crippen MR) is 54.5 cm³/mol. The van der Waals surface area contributed by atoms with E-state index in [4.69, 9.17) is 5.11 Å². The Morgan fingerprint density at radius 1 is 1.06 bits per heavy atom. The van der Waals surface area contributed by atoms with Crippen molar-refractivity contribution in [3.05, 3.63) is 11.8 Å². The summed E-state index contributed by atoms with van der Waals surface area (Å²) in [6.45, 7) is 2.56. The van der Waals surface area contributed by atoms with Crippen LogP contribution in [0.25, 0.3) is 0 Å². The molecule has 1 aliphatic carbocycles. The van der Waals surface area contributed by atoms with Crippen LogP contribution >= 0.6 is 0 Å². The first-order valence-electron chi connectivity index (χ1n) is 5.01. The molecular formula is C10H18O6. The van der Waals surface area contributed by atoms with Gasteiger partial charge in [0.05, 0.1) is 17.5 Å². The average Bonchev–Trinajstić information content (AvgIpc) is 2.19. The van der Waals surface area contributed by atoms with Gasteiger partial charge in [-0.1, -0.05) is 0 Å². The fraction of sp³-hybridized carbons (Fsp3) is 0.800. The van der Waals surface area contributed by atoms with Gasteiger partial charge in [0.25, 0.3) is 0 Å². The third-order valence-corrected chi connectivity index (χ3v) is 3.09. The molecule has 0 aliphatic heterocycles. The lowest BCUT2D eigenvalue weighted by atomic mass is 9.70. The molecule has 0 aromatic carbocycles. The first-order chi connectivity index (χ1) is 7.19. The van der Waals surface area contributed by atoms with Gasteiger partial charge >= 0.3 is 0 Å². The first-order valence-corrected chi connectivity index (χ1v) is 5.01. The monoisotopic (exact) mass is 234 g/mol. The van der Waals surface area contributed by atoms with Crippen molar-refractivity contribution < 1.29 is 30.6 Å². The summed E-state index contributed by atoms with van der Waals surface area (Å²) in [6.07, 6.45) is -5.13. The van der Waals surface area contributed by atoms with Crippen LogP contribution < -0.4 is 0 Å². The highest BCUT2D eigenvalue weighted by Crippen LogP contribution is 2.36. The van der Waals surface area contributed by atoms with Crippen LogP contribution in [0.3, 0.4) is 0 Å². The molecule has 0 aromatic heterocycles. The van der Waals surface area contributed by atoms with Gasteiger partial charge in [0.15, 0.2) is 0 Å². The van der Waals surface area contributed by atoms with Crippen LogP contribution in [0.5, 0.6) is 0 Å². The zero-order valence-corrected chi connectivity index (χ0v) is 9.15. The normalized spacial score (nSPS) is 50.4. The van der Waals surface area contributed by atoms with Crippen LogP contribution in [-0.2, 0) is 0 Å². The largest absolute Gasteiger partial charge is 0.513 e. The molecule has 0 heterocycles. The summed E-state index contributed by atoms with van der Waals surface area (Å²) in [5.74, 6) is -1.22. The van der Waals surface area contributed by atoms with Crippen molar-refractivity contribution in [1.82, 2.24) is 0 Å². The fourth-order valence-electron chi connectivity index (χ4n) is 2.02. The topological polar surface area (TPSA) is 121 Å². The van der Waals surface area contributed by atoms with Crippen LogP contribution in [0.4, 0.5) is 0 Å². The van der Waals surface area contributed by atoms with E-state index in [0.717, 1.165) is 6.08 Å². The van der Waals surface area contributed by atoms with Gasteiger partial charge in [-0.05, 0) is 19.9 Å². The molecule has 0 radical (unpaired) electrons. The van der Waals surface area contributed by atoms with Crippen molar-refractivity contribution in [2.75, 3.05) is 0 Å². The minimum absolute atomic E-state index is 0.153. The van der Waals surface area contributed by atoms with Gasteiger partial charge in [-0.3, -0.25) is 0 Å². The SMILES string of the molecule is C/C(O)=C/C1[C@@H](O)C(O)[C@@H](O)C(O)C1(C)O.